The number of aliphatic hydroxyl groups excluding tert-OH is 1. The van der Waals surface area contributed by atoms with Crippen molar-refractivity contribution in [2.24, 2.45) is 0 Å². The van der Waals surface area contributed by atoms with Crippen molar-refractivity contribution in [2.75, 3.05) is 34.3 Å². The van der Waals surface area contributed by atoms with Crippen LogP contribution < -0.4 is 0 Å². The number of aliphatic hydroxyl groups is 1. The maximum absolute atomic E-state index is 12.1. The van der Waals surface area contributed by atoms with Gasteiger partial charge in [-0.25, -0.2) is 0 Å². The van der Waals surface area contributed by atoms with Crippen LogP contribution in [0.3, 0.4) is 0 Å². The predicted molar refractivity (Wildman–Crippen MR) is 73.9 cm³/mol. The molecule has 0 aliphatic carbocycles. The van der Waals surface area contributed by atoms with Crippen molar-refractivity contribution in [2.45, 2.75) is 0 Å². The number of aromatic nitrogens is 1. The zero-order valence-electron chi connectivity index (χ0n) is 11.8. The van der Waals surface area contributed by atoms with Gasteiger partial charge in [0.25, 0.3) is 5.91 Å². The van der Waals surface area contributed by atoms with Gasteiger partial charge in [0, 0.05) is 39.1 Å². The summed E-state index contributed by atoms with van der Waals surface area (Å²) in [7, 11) is 4.82. The first-order valence-corrected chi connectivity index (χ1v) is 5.96. The predicted octanol–water partition coefficient (Wildman–Crippen LogP) is -0.414. The zero-order valence-corrected chi connectivity index (χ0v) is 11.8. The van der Waals surface area contributed by atoms with Crippen molar-refractivity contribution >= 4 is 11.8 Å². The van der Waals surface area contributed by atoms with E-state index in [1.54, 1.807) is 27.2 Å². The number of pyridine rings is 1. The maximum atomic E-state index is 12.1. The van der Waals surface area contributed by atoms with Gasteiger partial charge in [0.1, 0.15) is 6.61 Å². The highest BCUT2D eigenvalue weighted by Gasteiger charge is 2.16. The second-order valence-corrected chi connectivity index (χ2v) is 4.37. The fourth-order valence-corrected chi connectivity index (χ4v) is 1.40. The summed E-state index contributed by atoms with van der Waals surface area (Å²) in [4.78, 5) is 30.4. The van der Waals surface area contributed by atoms with E-state index in [0.717, 1.165) is 0 Å². The Bertz CT molecular complexity index is 558. The first-order chi connectivity index (χ1) is 9.45. The highest BCUT2D eigenvalue weighted by atomic mass is 16.2. The summed E-state index contributed by atoms with van der Waals surface area (Å²) in [6.45, 7) is -0.256. The Morgan fingerprint density at radius 2 is 2.00 bits per heavy atom. The molecule has 106 valence electrons. The van der Waals surface area contributed by atoms with Gasteiger partial charge in [-0.2, -0.15) is 0 Å². The lowest BCUT2D eigenvalue weighted by atomic mass is 10.2. The van der Waals surface area contributed by atoms with Gasteiger partial charge in [-0.3, -0.25) is 14.6 Å². The molecule has 0 unspecified atom stereocenters. The van der Waals surface area contributed by atoms with Gasteiger partial charge in [0.2, 0.25) is 5.91 Å². The molecule has 0 saturated carbocycles. The second kappa shape index (κ2) is 7.26. The zero-order chi connectivity index (χ0) is 15.1. The van der Waals surface area contributed by atoms with Crippen LogP contribution in [0.4, 0.5) is 0 Å². The molecule has 0 aliphatic rings. The molecule has 0 saturated heterocycles. The lowest BCUT2D eigenvalue weighted by molar-refractivity contribution is -0.129. The molecule has 0 aromatic carbocycles. The number of hydrogen-bond donors (Lipinski definition) is 1. The molecule has 0 radical (unpaired) electrons. The number of carbonyl (C=O) groups excluding carboxylic acids is 2. The number of likely N-dealkylation sites (N-methyl/N-ethyl adjacent to an activating group) is 2. The van der Waals surface area contributed by atoms with Crippen LogP contribution in [0.5, 0.6) is 0 Å². The molecule has 6 nitrogen and oxygen atoms in total. The van der Waals surface area contributed by atoms with Crippen molar-refractivity contribution in [1.82, 2.24) is 14.8 Å². The number of nitrogens with zero attached hydrogens (tertiary/aromatic N) is 3. The molecule has 0 atom stereocenters. The van der Waals surface area contributed by atoms with Gasteiger partial charge < -0.3 is 14.9 Å². The van der Waals surface area contributed by atoms with E-state index >= 15 is 0 Å². The van der Waals surface area contributed by atoms with Crippen LogP contribution in [0.25, 0.3) is 0 Å². The van der Waals surface area contributed by atoms with E-state index < -0.39 is 0 Å². The molecule has 1 aromatic heterocycles. The highest BCUT2D eigenvalue weighted by Crippen LogP contribution is 2.05. The number of amides is 2. The molecule has 20 heavy (non-hydrogen) atoms. The summed E-state index contributed by atoms with van der Waals surface area (Å²) in [6.07, 6.45) is 2.92. The quantitative estimate of drug-likeness (QED) is 0.761. The summed E-state index contributed by atoms with van der Waals surface area (Å²) < 4.78 is 0. The average Bonchev–Trinajstić information content (AvgIpc) is 2.44. The Labute approximate surface area is 118 Å². The maximum Gasteiger partial charge on any atom is 0.255 e. The minimum Gasteiger partial charge on any atom is -0.384 e. The van der Waals surface area contributed by atoms with Crippen LogP contribution in [0.2, 0.25) is 0 Å². The van der Waals surface area contributed by atoms with Gasteiger partial charge in [-0.05, 0) is 6.07 Å². The van der Waals surface area contributed by atoms with E-state index in [9.17, 15) is 9.59 Å². The second-order valence-electron chi connectivity index (χ2n) is 4.37. The minimum absolute atomic E-state index is 0.00161. The van der Waals surface area contributed by atoms with Crippen LogP contribution in [-0.4, -0.2) is 66.0 Å². The molecule has 6 heteroatoms. The monoisotopic (exact) mass is 275 g/mol. The third kappa shape index (κ3) is 4.37. The van der Waals surface area contributed by atoms with Crippen molar-refractivity contribution in [1.29, 1.82) is 0 Å². The standard InChI is InChI=1S/C14H17N3O3/c1-16(2)13(19)10-17(3)14(20)12-7-11(5-4-6-18)8-15-9-12/h7-9,18H,6,10H2,1-3H3. The van der Waals surface area contributed by atoms with Gasteiger partial charge in [0.15, 0.2) is 0 Å². The molecule has 2 amide bonds. The molecule has 0 aliphatic heterocycles. The minimum atomic E-state index is -0.305. The molecule has 0 fully saturated rings. The normalized spacial score (nSPS) is 9.40. The van der Waals surface area contributed by atoms with Crippen LogP contribution in [0.1, 0.15) is 15.9 Å². The fraction of sp³-hybridized carbons (Fsp3) is 0.357. The Morgan fingerprint density at radius 3 is 2.60 bits per heavy atom. The van der Waals surface area contributed by atoms with Crippen molar-refractivity contribution in [3.63, 3.8) is 0 Å². The van der Waals surface area contributed by atoms with E-state index in [1.807, 2.05) is 0 Å². The first kappa shape index (κ1) is 15.7. The highest BCUT2D eigenvalue weighted by molar-refractivity contribution is 5.96. The number of hydrogen-bond acceptors (Lipinski definition) is 4. The summed E-state index contributed by atoms with van der Waals surface area (Å²) in [6, 6.07) is 1.58. The molecular weight excluding hydrogens is 258 g/mol. The van der Waals surface area contributed by atoms with E-state index in [0.29, 0.717) is 11.1 Å². The van der Waals surface area contributed by atoms with Gasteiger partial charge in [-0.1, -0.05) is 11.8 Å². The van der Waals surface area contributed by atoms with Crippen molar-refractivity contribution in [3.8, 4) is 11.8 Å². The summed E-state index contributed by atoms with van der Waals surface area (Å²) >= 11 is 0. The third-order valence-corrected chi connectivity index (χ3v) is 2.51. The lowest BCUT2D eigenvalue weighted by Gasteiger charge is -2.19. The first-order valence-electron chi connectivity index (χ1n) is 5.96. The smallest absolute Gasteiger partial charge is 0.255 e. The lowest BCUT2D eigenvalue weighted by Crippen LogP contribution is -2.37. The number of rotatable bonds is 3. The largest absolute Gasteiger partial charge is 0.384 e. The van der Waals surface area contributed by atoms with Crippen molar-refractivity contribution in [3.05, 3.63) is 29.6 Å². The summed E-state index contributed by atoms with van der Waals surface area (Å²) in [5.74, 6) is 4.70. The molecule has 1 aromatic rings. The molecule has 0 spiro atoms. The van der Waals surface area contributed by atoms with Crippen molar-refractivity contribution < 1.29 is 14.7 Å². The van der Waals surface area contributed by atoms with Gasteiger partial charge in [-0.15, -0.1) is 0 Å². The third-order valence-electron chi connectivity index (χ3n) is 2.51. The molecule has 1 N–H and O–H groups in total. The van der Waals surface area contributed by atoms with Crippen LogP contribution in [0, 0.1) is 11.8 Å². The Hall–Kier alpha value is -2.39. The molecular formula is C14H17N3O3. The van der Waals surface area contributed by atoms with E-state index in [2.05, 4.69) is 16.8 Å². The number of carbonyl (C=O) groups is 2. The molecule has 0 bridgehead atoms. The Kier molecular flexibility index (Phi) is 5.69. The Balaban J connectivity index is 2.84. The average molecular weight is 275 g/mol. The van der Waals surface area contributed by atoms with Crippen LogP contribution >= 0.6 is 0 Å². The van der Waals surface area contributed by atoms with E-state index in [-0.39, 0.29) is 25.0 Å². The SMILES string of the molecule is CN(C)C(=O)CN(C)C(=O)c1cncc(C#CCO)c1. The van der Waals surface area contributed by atoms with Crippen LogP contribution in [-0.2, 0) is 4.79 Å². The Morgan fingerprint density at radius 1 is 1.30 bits per heavy atom. The van der Waals surface area contributed by atoms with Gasteiger partial charge >= 0.3 is 0 Å². The van der Waals surface area contributed by atoms with E-state index in [1.165, 1.54) is 22.2 Å². The molecule has 1 heterocycles. The summed E-state index contributed by atoms with van der Waals surface area (Å²) in [5.41, 5.74) is 0.890. The van der Waals surface area contributed by atoms with Crippen LogP contribution in [0.15, 0.2) is 18.5 Å². The fourth-order valence-electron chi connectivity index (χ4n) is 1.40. The van der Waals surface area contributed by atoms with E-state index in [4.69, 9.17) is 5.11 Å². The summed E-state index contributed by atoms with van der Waals surface area (Å²) in [5, 5.41) is 8.63. The topological polar surface area (TPSA) is 73.7 Å². The van der Waals surface area contributed by atoms with Gasteiger partial charge in [0.05, 0.1) is 12.1 Å². The molecule has 1 rings (SSSR count).